The number of nitrogens with zero attached hydrogens (tertiary/aromatic N) is 1. The second-order valence-corrected chi connectivity index (χ2v) is 5.70. The SMILES string of the molecule is O=C(CCCN1C(=O)c2ccccc2C1=O)OCc1cccc(F)c1. The van der Waals surface area contributed by atoms with Crippen LogP contribution in [0.1, 0.15) is 39.1 Å². The zero-order valence-corrected chi connectivity index (χ0v) is 13.4. The lowest BCUT2D eigenvalue weighted by atomic mass is 10.1. The van der Waals surface area contributed by atoms with Gasteiger partial charge in [0.25, 0.3) is 11.8 Å². The molecule has 3 rings (SSSR count). The number of ether oxygens (including phenoxy) is 1. The van der Waals surface area contributed by atoms with Gasteiger partial charge in [0.2, 0.25) is 0 Å². The quantitative estimate of drug-likeness (QED) is 0.599. The van der Waals surface area contributed by atoms with Crippen molar-refractivity contribution in [2.75, 3.05) is 6.54 Å². The molecule has 0 bridgehead atoms. The van der Waals surface area contributed by atoms with Gasteiger partial charge in [0.15, 0.2) is 0 Å². The van der Waals surface area contributed by atoms with Crippen LogP contribution in [0.3, 0.4) is 0 Å². The Morgan fingerprint density at radius 2 is 1.68 bits per heavy atom. The Hall–Kier alpha value is -3.02. The second kappa shape index (κ2) is 7.25. The average Bonchev–Trinajstić information content (AvgIpc) is 2.85. The topological polar surface area (TPSA) is 63.7 Å². The summed E-state index contributed by atoms with van der Waals surface area (Å²) >= 11 is 0. The summed E-state index contributed by atoms with van der Waals surface area (Å²) in [6.45, 7) is 0.144. The molecular formula is C19H16FNO4. The van der Waals surface area contributed by atoms with Crippen molar-refractivity contribution in [2.24, 2.45) is 0 Å². The van der Waals surface area contributed by atoms with Crippen LogP contribution in [0.25, 0.3) is 0 Å². The molecule has 0 atom stereocenters. The van der Waals surface area contributed by atoms with E-state index in [2.05, 4.69) is 0 Å². The molecule has 1 aliphatic rings. The first-order valence-corrected chi connectivity index (χ1v) is 7.91. The number of carbonyl (C=O) groups excluding carboxylic acids is 3. The van der Waals surface area contributed by atoms with Crippen molar-refractivity contribution in [3.63, 3.8) is 0 Å². The maximum Gasteiger partial charge on any atom is 0.306 e. The monoisotopic (exact) mass is 341 g/mol. The molecule has 0 N–H and O–H groups in total. The Morgan fingerprint density at radius 1 is 1.00 bits per heavy atom. The van der Waals surface area contributed by atoms with Gasteiger partial charge >= 0.3 is 5.97 Å². The van der Waals surface area contributed by atoms with E-state index in [0.717, 1.165) is 4.90 Å². The number of imide groups is 1. The molecule has 0 radical (unpaired) electrons. The van der Waals surface area contributed by atoms with Gasteiger partial charge in [0.1, 0.15) is 12.4 Å². The Balaban J connectivity index is 1.46. The fourth-order valence-corrected chi connectivity index (χ4v) is 2.69. The van der Waals surface area contributed by atoms with E-state index in [1.165, 1.54) is 12.1 Å². The molecule has 0 spiro atoms. The molecule has 1 aliphatic heterocycles. The van der Waals surface area contributed by atoms with E-state index in [4.69, 9.17) is 4.74 Å². The number of hydrogen-bond acceptors (Lipinski definition) is 4. The van der Waals surface area contributed by atoms with E-state index in [9.17, 15) is 18.8 Å². The molecule has 2 aromatic rings. The highest BCUT2D eigenvalue weighted by Gasteiger charge is 2.34. The maximum absolute atomic E-state index is 13.0. The van der Waals surface area contributed by atoms with Crippen molar-refractivity contribution in [1.82, 2.24) is 4.90 Å². The van der Waals surface area contributed by atoms with E-state index >= 15 is 0 Å². The minimum atomic E-state index is -0.458. The first kappa shape index (κ1) is 16.8. The molecule has 25 heavy (non-hydrogen) atoms. The van der Waals surface area contributed by atoms with Crippen molar-refractivity contribution >= 4 is 17.8 Å². The third kappa shape index (κ3) is 3.74. The van der Waals surface area contributed by atoms with E-state index < -0.39 is 5.97 Å². The minimum absolute atomic E-state index is 0.0103. The molecule has 5 nitrogen and oxygen atoms in total. The Labute approximate surface area is 144 Å². The number of hydrogen-bond donors (Lipinski definition) is 0. The second-order valence-electron chi connectivity index (χ2n) is 5.70. The van der Waals surface area contributed by atoms with Gasteiger partial charge in [-0.15, -0.1) is 0 Å². The predicted octanol–water partition coefficient (Wildman–Crippen LogP) is 2.95. The molecule has 6 heteroatoms. The zero-order valence-electron chi connectivity index (χ0n) is 13.4. The van der Waals surface area contributed by atoms with Crippen molar-refractivity contribution in [3.05, 3.63) is 71.0 Å². The van der Waals surface area contributed by atoms with E-state index in [1.54, 1.807) is 36.4 Å². The summed E-state index contributed by atoms with van der Waals surface area (Å²) in [5.41, 5.74) is 1.34. The van der Waals surface area contributed by atoms with Crippen LogP contribution in [0.15, 0.2) is 48.5 Å². The van der Waals surface area contributed by atoms with Gasteiger partial charge in [-0.05, 0) is 36.2 Å². The molecule has 2 amide bonds. The Morgan fingerprint density at radius 3 is 2.32 bits per heavy atom. The molecule has 2 aromatic carbocycles. The van der Waals surface area contributed by atoms with Gasteiger partial charge in [-0.2, -0.15) is 0 Å². The molecule has 128 valence electrons. The number of benzene rings is 2. The third-order valence-corrected chi connectivity index (χ3v) is 3.93. The molecule has 0 aliphatic carbocycles. The summed E-state index contributed by atoms with van der Waals surface area (Å²) in [7, 11) is 0. The van der Waals surface area contributed by atoms with E-state index in [0.29, 0.717) is 23.1 Å². The number of amides is 2. The summed E-state index contributed by atoms with van der Waals surface area (Å²) in [5.74, 6) is -1.53. The van der Waals surface area contributed by atoms with Gasteiger partial charge in [-0.25, -0.2) is 4.39 Å². The fourth-order valence-electron chi connectivity index (χ4n) is 2.69. The van der Waals surface area contributed by atoms with E-state index in [1.807, 2.05) is 0 Å². The molecule has 0 fully saturated rings. The van der Waals surface area contributed by atoms with Gasteiger partial charge in [-0.3, -0.25) is 19.3 Å². The van der Waals surface area contributed by atoms with Crippen LogP contribution in [0.4, 0.5) is 4.39 Å². The highest BCUT2D eigenvalue weighted by Crippen LogP contribution is 2.22. The Kier molecular flexibility index (Phi) is 4.88. The van der Waals surface area contributed by atoms with Crippen molar-refractivity contribution in [1.29, 1.82) is 0 Å². The number of carbonyl (C=O) groups is 3. The molecule has 0 saturated carbocycles. The largest absolute Gasteiger partial charge is 0.461 e. The first-order chi connectivity index (χ1) is 12.1. The summed E-state index contributed by atoms with van der Waals surface area (Å²) < 4.78 is 18.1. The normalized spacial score (nSPS) is 13.1. The zero-order chi connectivity index (χ0) is 17.8. The van der Waals surface area contributed by atoms with Gasteiger partial charge in [0.05, 0.1) is 11.1 Å². The van der Waals surface area contributed by atoms with Crippen LogP contribution < -0.4 is 0 Å². The molecular weight excluding hydrogens is 325 g/mol. The highest BCUT2D eigenvalue weighted by molar-refractivity contribution is 6.21. The third-order valence-electron chi connectivity index (χ3n) is 3.93. The lowest BCUT2D eigenvalue weighted by molar-refractivity contribution is -0.145. The average molecular weight is 341 g/mol. The van der Waals surface area contributed by atoms with Gasteiger partial charge in [-0.1, -0.05) is 24.3 Å². The first-order valence-electron chi connectivity index (χ1n) is 7.91. The maximum atomic E-state index is 13.0. The Bertz CT molecular complexity index is 799. The van der Waals surface area contributed by atoms with Crippen LogP contribution in [0, 0.1) is 5.82 Å². The summed E-state index contributed by atoms with van der Waals surface area (Å²) in [5, 5.41) is 0. The van der Waals surface area contributed by atoms with Crippen molar-refractivity contribution in [3.8, 4) is 0 Å². The molecule has 0 saturated heterocycles. The fraction of sp³-hybridized carbons (Fsp3) is 0.211. The lowest BCUT2D eigenvalue weighted by Crippen LogP contribution is -2.31. The summed E-state index contributed by atoms with van der Waals surface area (Å²) in [6, 6.07) is 12.5. The lowest BCUT2D eigenvalue weighted by Gasteiger charge is -2.13. The molecule has 0 aromatic heterocycles. The van der Waals surface area contributed by atoms with Crippen LogP contribution in [-0.4, -0.2) is 29.2 Å². The number of esters is 1. The number of rotatable bonds is 6. The number of halogens is 1. The van der Waals surface area contributed by atoms with Crippen LogP contribution in [0.5, 0.6) is 0 Å². The van der Waals surface area contributed by atoms with Gasteiger partial charge < -0.3 is 4.74 Å². The molecule has 0 unspecified atom stereocenters. The summed E-state index contributed by atoms with van der Waals surface area (Å²) in [6.07, 6.45) is 0.385. The van der Waals surface area contributed by atoms with Crippen molar-refractivity contribution in [2.45, 2.75) is 19.4 Å². The highest BCUT2D eigenvalue weighted by atomic mass is 19.1. The van der Waals surface area contributed by atoms with Crippen LogP contribution in [-0.2, 0) is 16.1 Å². The standard InChI is InChI=1S/C19H16FNO4/c20-14-6-3-5-13(11-14)12-25-17(22)9-4-10-21-18(23)15-7-1-2-8-16(15)19(21)24/h1-3,5-8,11H,4,9-10,12H2. The van der Waals surface area contributed by atoms with Crippen molar-refractivity contribution < 1.29 is 23.5 Å². The summed E-state index contributed by atoms with van der Waals surface area (Å²) in [4.78, 5) is 37.3. The molecule has 1 heterocycles. The number of fused-ring (bicyclic) bond motifs is 1. The van der Waals surface area contributed by atoms with Gasteiger partial charge in [0, 0.05) is 13.0 Å². The predicted molar refractivity (Wildman–Crippen MR) is 87.2 cm³/mol. The van der Waals surface area contributed by atoms with E-state index in [-0.39, 0.29) is 37.2 Å². The van der Waals surface area contributed by atoms with Crippen LogP contribution in [0.2, 0.25) is 0 Å². The minimum Gasteiger partial charge on any atom is -0.461 e. The smallest absolute Gasteiger partial charge is 0.306 e. The van der Waals surface area contributed by atoms with Crippen LogP contribution >= 0.6 is 0 Å².